The van der Waals surface area contributed by atoms with Crippen LogP contribution in [0.15, 0.2) is 0 Å². The summed E-state index contributed by atoms with van der Waals surface area (Å²) in [5.74, 6) is 0.236. The average Bonchev–Trinajstić information content (AvgIpc) is 3.09. The van der Waals surface area contributed by atoms with Gasteiger partial charge >= 0.3 is 0 Å². The lowest BCUT2D eigenvalue weighted by Crippen LogP contribution is -2.42. The molecule has 0 spiro atoms. The Bertz CT molecular complexity index is 279. The topological polar surface area (TPSA) is 49.6 Å². The van der Waals surface area contributed by atoms with Crippen LogP contribution < -0.4 is 5.73 Å². The molecule has 4 nitrogen and oxygen atoms in total. The lowest BCUT2D eigenvalue weighted by atomic mass is 10.3. The van der Waals surface area contributed by atoms with Crippen molar-refractivity contribution in [1.82, 2.24) is 9.80 Å². The summed E-state index contributed by atoms with van der Waals surface area (Å²) in [6.45, 7) is 7.04. The molecule has 5 heteroatoms. The van der Waals surface area contributed by atoms with Crippen molar-refractivity contribution in [3.05, 3.63) is 0 Å². The quantitative estimate of drug-likeness (QED) is 0.659. The molecule has 0 aromatic heterocycles. The second kappa shape index (κ2) is 6.91. The summed E-state index contributed by atoms with van der Waals surface area (Å²) >= 11 is 4.86. The highest BCUT2D eigenvalue weighted by molar-refractivity contribution is 7.80. The van der Waals surface area contributed by atoms with Gasteiger partial charge in [-0.05, 0) is 26.3 Å². The van der Waals surface area contributed by atoms with Crippen molar-refractivity contribution in [3.63, 3.8) is 0 Å². The average molecular weight is 257 g/mol. The highest BCUT2D eigenvalue weighted by atomic mass is 32.1. The van der Waals surface area contributed by atoms with E-state index in [0.717, 1.165) is 19.6 Å². The molecule has 1 aliphatic carbocycles. The van der Waals surface area contributed by atoms with Crippen LogP contribution in [0.25, 0.3) is 0 Å². The molecule has 0 saturated heterocycles. The van der Waals surface area contributed by atoms with Gasteiger partial charge in [-0.2, -0.15) is 0 Å². The van der Waals surface area contributed by atoms with Crippen molar-refractivity contribution in [1.29, 1.82) is 0 Å². The van der Waals surface area contributed by atoms with Crippen molar-refractivity contribution in [3.8, 4) is 0 Å². The van der Waals surface area contributed by atoms with E-state index in [0.29, 0.717) is 24.0 Å². The molecule has 1 aliphatic rings. The van der Waals surface area contributed by atoms with Crippen LogP contribution in [0, 0.1) is 0 Å². The number of hydrogen-bond donors (Lipinski definition) is 1. The van der Waals surface area contributed by atoms with E-state index in [9.17, 15) is 4.79 Å². The minimum absolute atomic E-state index is 0.236. The molecule has 1 rings (SSSR count). The van der Waals surface area contributed by atoms with Crippen molar-refractivity contribution >= 4 is 23.1 Å². The van der Waals surface area contributed by atoms with Gasteiger partial charge in [0, 0.05) is 25.6 Å². The molecule has 0 bridgehead atoms. The van der Waals surface area contributed by atoms with Crippen LogP contribution in [-0.4, -0.2) is 52.9 Å². The SMILES string of the molecule is CCN(CCC(N)=S)CC(=O)N(CC)C1CC1. The van der Waals surface area contributed by atoms with Crippen LogP contribution in [0.5, 0.6) is 0 Å². The zero-order valence-electron chi connectivity index (χ0n) is 10.8. The number of hydrogen-bond acceptors (Lipinski definition) is 3. The molecule has 1 saturated carbocycles. The van der Waals surface area contributed by atoms with Gasteiger partial charge in [0.1, 0.15) is 0 Å². The molecule has 0 aromatic rings. The van der Waals surface area contributed by atoms with E-state index in [1.807, 2.05) is 11.8 Å². The Morgan fingerprint density at radius 3 is 2.41 bits per heavy atom. The number of rotatable bonds is 8. The monoisotopic (exact) mass is 257 g/mol. The predicted octanol–water partition coefficient (Wildman–Crippen LogP) is 0.995. The van der Waals surface area contributed by atoms with E-state index in [1.165, 1.54) is 12.8 Å². The fourth-order valence-corrected chi connectivity index (χ4v) is 2.02. The third kappa shape index (κ3) is 5.00. The van der Waals surface area contributed by atoms with Crippen LogP contribution in [-0.2, 0) is 4.79 Å². The normalized spacial score (nSPS) is 15.0. The third-order valence-electron chi connectivity index (χ3n) is 3.13. The molecule has 0 atom stereocenters. The van der Waals surface area contributed by atoms with Crippen molar-refractivity contribution in [2.75, 3.05) is 26.2 Å². The fraction of sp³-hybridized carbons (Fsp3) is 0.833. The van der Waals surface area contributed by atoms with Crippen molar-refractivity contribution < 1.29 is 4.79 Å². The second-order valence-electron chi connectivity index (χ2n) is 4.50. The van der Waals surface area contributed by atoms with Crippen molar-refractivity contribution in [2.24, 2.45) is 5.73 Å². The second-order valence-corrected chi connectivity index (χ2v) is 5.02. The van der Waals surface area contributed by atoms with E-state index in [4.69, 9.17) is 18.0 Å². The Labute approximate surface area is 109 Å². The zero-order valence-corrected chi connectivity index (χ0v) is 11.6. The maximum absolute atomic E-state index is 12.1. The molecular formula is C12H23N3OS. The molecule has 0 radical (unpaired) electrons. The number of carbonyl (C=O) groups excluding carboxylic acids is 1. The summed E-state index contributed by atoms with van der Waals surface area (Å²) in [5, 5.41) is 0. The summed E-state index contributed by atoms with van der Waals surface area (Å²) in [4.78, 5) is 16.7. The van der Waals surface area contributed by atoms with Gasteiger partial charge in [0.2, 0.25) is 5.91 Å². The number of carbonyl (C=O) groups is 1. The molecule has 98 valence electrons. The molecule has 17 heavy (non-hydrogen) atoms. The molecule has 2 N–H and O–H groups in total. The highest BCUT2D eigenvalue weighted by Gasteiger charge is 2.31. The molecule has 0 aliphatic heterocycles. The van der Waals surface area contributed by atoms with Gasteiger partial charge in [-0.15, -0.1) is 0 Å². The Kier molecular flexibility index (Phi) is 5.85. The Morgan fingerprint density at radius 1 is 1.35 bits per heavy atom. The highest BCUT2D eigenvalue weighted by Crippen LogP contribution is 2.26. The molecule has 0 unspecified atom stereocenters. The van der Waals surface area contributed by atoms with Gasteiger partial charge < -0.3 is 10.6 Å². The summed E-state index contributed by atoms with van der Waals surface area (Å²) in [5.41, 5.74) is 5.48. The number of nitrogens with two attached hydrogens (primary N) is 1. The number of nitrogens with zero attached hydrogens (tertiary/aromatic N) is 2. The lowest BCUT2D eigenvalue weighted by Gasteiger charge is -2.25. The first-order valence-corrected chi connectivity index (χ1v) is 6.79. The zero-order chi connectivity index (χ0) is 12.8. The number of amides is 1. The molecule has 0 aromatic carbocycles. The minimum atomic E-state index is 0.236. The summed E-state index contributed by atoms with van der Waals surface area (Å²) < 4.78 is 0. The molecule has 0 heterocycles. The van der Waals surface area contributed by atoms with Gasteiger partial charge in [0.15, 0.2) is 0 Å². The first kappa shape index (κ1) is 14.4. The Hall–Kier alpha value is -0.680. The summed E-state index contributed by atoms with van der Waals surface area (Å²) in [6, 6.07) is 0.502. The fourth-order valence-electron chi connectivity index (χ4n) is 1.92. The molecular weight excluding hydrogens is 234 g/mol. The summed E-state index contributed by atoms with van der Waals surface area (Å²) in [7, 11) is 0. The molecule has 1 fully saturated rings. The van der Waals surface area contributed by atoms with Crippen LogP contribution >= 0.6 is 12.2 Å². The maximum Gasteiger partial charge on any atom is 0.236 e. The number of thiocarbonyl (C=S) groups is 1. The van der Waals surface area contributed by atoms with E-state index < -0.39 is 0 Å². The van der Waals surface area contributed by atoms with Gasteiger partial charge in [0.05, 0.1) is 11.5 Å². The minimum Gasteiger partial charge on any atom is -0.393 e. The van der Waals surface area contributed by atoms with Gasteiger partial charge in [0.25, 0.3) is 0 Å². The van der Waals surface area contributed by atoms with E-state index in [1.54, 1.807) is 0 Å². The first-order valence-electron chi connectivity index (χ1n) is 6.38. The van der Waals surface area contributed by atoms with Crippen LogP contribution in [0.1, 0.15) is 33.1 Å². The predicted molar refractivity (Wildman–Crippen MR) is 73.9 cm³/mol. The number of likely N-dealkylation sites (N-methyl/N-ethyl adjacent to an activating group) is 2. The van der Waals surface area contributed by atoms with Gasteiger partial charge in [-0.3, -0.25) is 9.69 Å². The Morgan fingerprint density at radius 2 is 2.00 bits per heavy atom. The van der Waals surface area contributed by atoms with Gasteiger partial charge in [-0.1, -0.05) is 19.1 Å². The third-order valence-corrected chi connectivity index (χ3v) is 3.33. The van der Waals surface area contributed by atoms with Crippen LogP contribution in [0.3, 0.4) is 0 Å². The van der Waals surface area contributed by atoms with E-state index >= 15 is 0 Å². The van der Waals surface area contributed by atoms with Gasteiger partial charge in [-0.25, -0.2) is 0 Å². The maximum atomic E-state index is 12.1. The van der Waals surface area contributed by atoms with Crippen molar-refractivity contribution in [2.45, 2.75) is 39.2 Å². The molecule has 1 amide bonds. The summed E-state index contributed by atoms with van der Waals surface area (Å²) in [6.07, 6.45) is 3.02. The smallest absolute Gasteiger partial charge is 0.236 e. The van der Waals surface area contributed by atoms with E-state index in [2.05, 4.69) is 11.8 Å². The standard InChI is InChI=1S/C12H23N3OS/c1-3-14(8-7-11(13)17)9-12(16)15(4-2)10-5-6-10/h10H,3-9H2,1-2H3,(H2,13,17). The first-order chi connectivity index (χ1) is 8.08. The largest absolute Gasteiger partial charge is 0.393 e. The lowest BCUT2D eigenvalue weighted by molar-refractivity contribution is -0.132. The van der Waals surface area contributed by atoms with Crippen LogP contribution in [0.2, 0.25) is 0 Å². The van der Waals surface area contributed by atoms with Crippen LogP contribution in [0.4, 0.5) is 0 Å². The Balaban J connectivity index is 2.37. The van der Waals surface area contributed by atoms with E-state index in [-0.39, 0.29) is 5.91 Å².